The van der Waals surface area contributed by atoms with Crippen LogP contribution in [0.1, 0.15) is 54.8 Å². The van der Waals surface area contributed by atoms with Crippen molar-refractivity contribution in [1.82, 2.24) is 16.0 Å². The van der Waals surface area contributed by atoms with Crippen molar-refractivity contribution in [1.29, 1.82) is 0 Å². The number of aryl methyl sites for hydroxylation is 1. The van der Waals surface area contributed by atoms with Crippen molar-refractivity contribution in [3.63, 3.8) is 0 Å². The highest BCUT2D eigenvalue weighted by molar-refractivity contribution is 14.0. The fourth-order valence-corrected chi connectivity index (χ4v) is 2.86. The Bertz CT molecular complexity index is 761. The van der Waals surface area contributed by atoms with Gasteiger partial charge in [0.2, 0.25) is 0 Å². The molecule has 0 saturated carbocycles. The molecule has 3 N–H and O–H groups in total. The van der Waals surface area contributed by atoms with Gasteiger partial charge in [0.25, 0.3) is 5.91 Å². The molecular formula is C22H33IN4O2. The fraction of sp³-hybridized carbons (Fsp3) is 0.455. The Morgan fingerprint density at radius 1 is 1.14 bits per heavy atom. The highest BCUT2D eigenvalue weighted by Gasteiger charge is 2.15. The zero-order chi connectivity index (χ0) is 20.4. The van der Waals surface area contributed by atoms with E-state index in [1.165, 1.54) is 11.8 Å². The summed E-state index contributed by atoms with van der Waals surface area (Å²) in [6.45, 7) is 10.3. The molecule has 1 aromatic carbocycles. The van der Waals surface area contributed by atoms with E-state index in [1.807, 2.05) is 13.0 Å². The van der Waals surface area contributed by atoms with Gasteiger partial charge in [-0.15, -0.1) is 24.0 Å². The molecule has 0 spiro atoms. The molecule has 0 aliphatic heterocycles. The van der Waals surface area contributed by atoms with Gasteiger partial charge in [-0.2, -0.15) is 0 Å². The van der Waals surface area contributed by atoms with Crippen molar-refractivity contribution >= 4 is 35.8 Å². The summed E-state index contributed by atoms with van der Waals surface area (Å²) < 4.78 is 5.20. The molecule has 6 nitrogen and oxygen atoms in total. The van der Waals surface area contributed by atoms with Crippen molar-refractivity contribution < 1.29 is 9.21 Å². The van der Waals surface area contributed by atoms with Crippen LogP contribution < -0.4 is 16.0 Å². The Kier molecular flexibility index (Phi) is 11.4. The van der Waals surface area contributed by atoms with E-state index in [-0.39, 0.29) is 35.9 Å². The molecule has 0 bridgehead atoms. The van der Waals surface area contributed by atoms with Gasteiger partial charge in [0.15, 0.2) is 11.7 Å². The number of rotatable bonds is 9. The molecule has 160 valence electrons. The highest BCUT2D eigenvalue weighted by Crippen LogP contribution is 2.18. The first kappa shape index (κ1) is 25.0. The first-order chi connectivity index (χ1) is 13.5. The van der Waals surface area contributed by atoms with Crippen molar-refractivity contribution in [3.05, 3.63) is 59.5 Å². The van der Waals surface area contributed by atoms with E-state index < -0.39 is 0 Å². The maximum absolute atomic E-state index is 12.0. The molecule has 0 saturated heterocycles. The molecule has 1 heterocycles. The van der Waals surface area contributed by atoms with Crippen LogP contribution in [0, 0.1) is 6.92 Å². The van der Waals surface area contributed by atoms with Gasteiger partial charge in [-0.05, 0) is 38.8 Å². The molecule has 7 heteroatoms. The zero-order valence-electron chi connectivity index (χ0n) is 17.7. The van der Waals surface area contributed by atoms with Crippen LogP contribution in [0.2, 0.25) is 0 Å². The van der Waals surface area contributed by atoms with Crippen LogP contribution in [0.15, 0.2) is 52.1 Å². The predicted molar refractivity (Wildman–Crippen MR) is 129 cm³/mol. The number of hydrogen-bond donors (Lipinski definition) is 3. The van der Waals surface area contributed by atoms with E-state index >= 15 is 0 Å². The zero-order valence-corrected chi connectivity index (χ0v) is 20.0. The highest BCUT2D eigenvalue weighted by atomic mass is 127. The number of guanidine groups is 1. The third kappa shape index (κ3) is 8.08. The molecular weight excluding hydrogens is 479 g/mol. The summed E-state index contributed by atoms with van der Waals surface area (Å²) in [7, 11) is 0. The first-order valence-electron chi connectivity index (χ1n) is 9.95. The summed E-state index contributed by atoms with van der Waals surface area (Å²) >= 11 is 0. The Labute approximate surface area is 191 Å². The molecule has 2 rings (SSSR count). The maximum atomic E-state index is 12.0. The number of nitrogens with one attached hydrogen (secondary N) is 3. The van der Waals surface area contributed by atoms with Gasteiger partial charge in [0, 0.05) is 37.2 Å². The SMILES string of the molecule is CCNC(=NCCCNC(=O)c1occc1C)NC(C)C(C)c1ccccc1.I. The largest absolute Gasteiger partial charge is 0.459 e. The first-order valence-corrected chi connectivity index (χ1v) is 9.95. The molecule has 2 atom stereocenters. The summed E-state index contributed by atoms with van der Waals surface area (Å²) in [5.74, 6) is 1.36. The predicted octanol–water partition coefficient (Wildman–Crippen LogP) is 4.07. The Hall–Kier alpha value is -2.03. The molecule has 0 aliphatic rings. The van der Waals surface area contributed by atoms with Crippen LogP contribution in [0.3, 0.4) is 0 Å². The summed E-state index contributed by atoms with van der Waals surface area (Å²) in [6.07, 6.45) is 2.28. The van der Waals surface area contributed by atoms with E-state index in [1.54, 1.807) is 6.07 Å². The summed E-state index contributed by atoms with van der Waals surface area (Å²) in [6, 6.07) is 12.5. The molecule has 2 unspecified atom stereocenters. The topological polar surface area (TPSA) is 78.7 Å². The third-order valence-electron chi connectivity index (χ3n) is 4.74. The van der Waals surface area contributed by atoms with E-state index in [2.05, 4.69) is 66.0 Å². The van der Waals surface area contributed by atoms with Crippen molar-refractivity contribution in [3.8, 4) is 0 Å². The smallest absolute Gasteiger partial charge is 0.287 e. The summed E-state index contributed by atoms with van der Waals surface area (Å²) in [5, 5.41) is 9.64. The molecule has 1 amide bonds. The number of carbonyl (C=O) groups excluding carboxylic acids is 1. The van der Waals surface area contributed by atoms with E-state index in [0.29, 0.717) is 24.8 Å². The second kappa shape index (κ2) is 13.2. The number of carbonyl (C=O) groups is 1. The second-order valence-electron chi connectivity index (χ2n) is 6.94. The van der Waals surface area contributed by atoms with Crippen LogP contribution in [-0.4, -0.2) is 37.5 Å². The Balaban J connectivity index is 0.00000420. The number of aliphatic imine (C=N–C) groups is 1. The lowest BCUT2D eigenvalue weighted by Crippen LogP contribution is -2.44. The number of amides is 1. The lowest BCUT2D eigenvalue weighted by molar-refractivity contribution is 0.0925. The minimum Gasteiger partial charge on any atom is -0.459 e. The number of furan rings is 1. The van der Waals surface area contributed by atoms with Crippen LogP contribution in [0.25, 0.3) is 0 Å². The fourth-order valence-electron chi connectivity index (χ4n) is 2.86. The van der Waals surface area contributed by atoms with Crippen molar-refractivity contribution in [2.45, 2.75) is 46.1 Å². The third-order valence-corrected chi connectivity index (χ3v) is 4.74. The number of nitrogens with zero attached hydrogens (tertiary/aromatic N) is 1. The van der Waals surface area contributed by atoms with Gasteiger partial charge in [-0.1, -0.05) is 37.3 Å². The monoisotopic (exact) mass is 512 g/mol. The Morgan fingerprint density at radius 2 is 1.86 bits per heavy atom. The minimum atomic E-state index is -0.179. The Morgan fingerprint density at radius 3 is 2.48 bits per heavy atom. The van der Waals surface area contributed by atoms with Gasteiger partial charge in [0.1, 0.15) is 0 Å². The van der Waals surface area contributed by atoms with Crippen molar-refractivity contribution in [2.24, 2.45) is 4.99 Å². The van der Waals surface area contributed by atoms with Crippen LogP contribution in [0.5, 0.6) is 0 Å². The lowest BCUT2D eigenvalue weighted by Gasteiger charge is -2.24. The molecule has 2 aromatic rings. The number of hydrogen-bond acceptors (Lipinski definition) is 3. The van der Waals surface area contributed by atoms with E-state index in [0.717, 1.165) is 24.5 Å². The molecule has 0 aliphatic carbocycles. The summed E-state index contributed by atoms with van der Waals surface area (Å²) in [5.41, 5.74) is 2.14. The van der Waals surface area contributed by atoms with E-state index in [9.17, 15) is 4.79 Å². The number of benzene rings is 1. The molecule has 29 heavy (non-hydrogen) atoms. The summed E-state index contributed by atoms with van der Waals surface area (Å²) in [4.78, 5) is 16.6. The lowest BCUT2D eigenvalue weighted by atomic mass is 9.94. The van der Waals surface area contributed by atoms with Crippen LogP contribution in [0.4, 0.5) is 0 Å². The minimum absolute atomic E-state index is 0. The van der Waals surface area contributed by atoms with Gasteiger partial charge in [-0.25, -0.2) is 0 Å². The maximum Gasteiger partial charge on any atom is 0.287 e. The van der Waals surface area contributed by atoms with Crippen molar-refractivity contribution in [2.75, 3.05) is 19.6 Å². The molecule has 0 radical (unpaired) electrons. The standard InChI is InChI=1S/C22H32N4O2.HI/c1-5-23-22(26-18(4)17(3)19-10-7-6-8-11-19)25-14-9-13-24-21(27)20-16(2)12-15-28-20;/h6-8,10-12,15,17-18H,5,9,13-14H2,1-4H3,(H,24,27)(H2,23,25,26);1H. The van der Waals surface area contributed by atoms with Gasteiger partial charge in [-0.3, -0.25) is 9.79 Å². The van der Waals surface area contributed by atoms with Crippen LogP contribution >= 0.6 is 24.0 Å². The van der Waals surface area contributed by atoms with Gasteiger partial charge >= 0.3 is 0 Å². The van der Waals surface area contributed by atoms with Crippen LogP contribution in [-0.2, 0) is 0 Å². The molecule has 0 fully saturated rings. The van der Waals surface area contributed by atoms with Gasteiger partial charge < -0.3 is 20.4 Å². The average molecular weight is 512 g/mol. The normalized spacial score (nSPS) is 13.2. The second-order valence-corrected chi connectivity index (χ2v) is 6.94. The quantitative estimate of drug-likeness (QED) is 0.205. The average Bonchev–Trinajstić information content (AvgIpc) is 3.13. The van der Waals surface area contributed by atoms with E-state index in [4.69, 9.17) is 4.42 Å². The number of halogens is 1. The molecule has 1 aromatic heterocycles. The van der Waals surface area contributed by atoms with Gasteiger partial charge in [0.05, 0.1) is 6.26 Å².